The van der Waals surface area contributed by atoms with E-state index in [1.807, 2.05) is 22.6 Å². The van der Waals surface area contributed by atoms with E-state index in [1.54, 1.807) is 4.90 Å². The van der Waals surface area contributed by atoms with Crippen LogP contribution in [0.3, 0.4) is 0 Å². The summed E-state index contributed by atoms with van der Waals surface area (Å²) in [6, 6.07) is 3.51. The Balaban J connectivity index is 2.28. The van der Waals surface area contributed by atoms with Gasteiger partial charge in [0, 0.05) is 22.2 Å². The van der Waals surface area contributed by atoms with Gasteiger partial charge in [-0.05, 0) is 59.5 Å². The van der Waals surface area contributed by atoms with Gasteiger partial charge in [0.1, 0.15) is 0 Å². The van der Waals surface area contributed by atoms with Crippen LogP contribution in [0, 0.1) is 9.49 Å². The predicted molar refractivity (Wildman–Crippen MR) is 78.5 cm³/mol. The van der Waals surface area contributed by atoms with Crippen LogP contribution < -0.4 is 0 Å². The van der Waals surface area contributed by atoms with Crippen LogP contribution in [-0.4, -0.2) is 23.9 Å². The Labute approximate surface area is 129 Å². The van der Waals surface area contributed by atoms with Crippen molar-refractivity contribution in [3.8, 4) is 0 Å². The van der Waals surface area contributed by atoms with Crippen LogP contribution in [0.15, 0.2) is 18.2 Å². The fraction of sp³-hybridized carbons (Fsp3) is 0.500. The molecule has 2 nitrogen and oxygen atoms in total. The fourth-order valence-electron chi connectivity index (χ4n) is 2.43. The summed E-state index contributed by atoms with van der Waals surface area (Å²) in [4.78, 5) is 14.0. The second kappa shape index (κ2) is 5.91. The van der Waals surface area contributed by atoms with Crippen LogP contribution in [0.1, 0.15) is 35.7 Å². The number of carbonyl (C=O) groups excluding carboxylic acids is 1. The Hall–Kier alpha value is -0.790. The van der Waals surface area contributed by atoms with Crippen molar-refractivity contribution in [2.45, 2.75) is 25.9 Å². The predicted octanol–water partition coefficient (Wildman–Crippen LogP) is 4.18. The van der Waals surface area contributed by atoms with Gasteiger partial charge in [0.25, 0.3) is 5.91 Å². The van der Waals surface area contributed by atoms with Gasteiger partial charge in [0.05, 0.1) is 5.56 Å². The number of amides is 1. The van der Waals surface area contributed by atoms with Gasteiger partial charge >= 0.3 is 6.18 Å². The maximum Gasteiger partial charge on any atom is 0.416 e. The molecule has 1 aromatic carbocycles. The van der Waals surface area contributed by atoms with Crippen LogP contribution in [0.4, 0.5) is 13.2 Å². The second-order valence-electron chi connectivity index (χ2n) is 5.22. The van der Waals surface area contributed by atoms with Gasteiger partial charge in [-0.3, -0.25) is 4.79 Å². The van der Waals surface area contributed by atoms with Crippen molar-refractivity contribution < 1.29 is 18.0 Å². The summed E-state index contributed by atoms with van der Waals surface area (Å²) in [5, 5.41) is 0. The smallest absolute Gasteiger partial charge is 0.338 e. The van der Waals surface area contributed by atoms with E-state index in [2.05, 4.69) is 6.92 Å². The fourth-order valence-corrected chi connectivity index (χ4v) is 3.10. The summed E-state index contributed by atoms with van der Waals surface area (Å²) in [5.41, 5.74) is -0.642. The highest BCUT2D eigenvalue weighted by Crippen LogP contribution is 2.31. The largest absolute Gasteiger partial charge is 0.416 e. The molecule has 0 saturated carbocycles. The van der Waals surface area contributed by atoms with Crippen molar-refractivity contribution in [2.24, 2.45) is 5.92 Å². The molecule has 0 N–H and O–H groups in total. The van der Waals surface area contributed by atoms with Crippen LogP contribution in [0.2, 0.25) is 0 Å². The third-order valence-corrected chi connectivity index (χ3v) is 4.04. The molecule has 20 heavy (non-hydrogen) atoms. The molecule has 0 spiro atoms. The summed E-state index contributed by atoms with van der Waals surface area (Å²) >= 11 is 1.81. The monoisotopic (exact) mass is 397 g/mol. The normalized spacial score (nSPS) is 20.1. The Bertz CT molecular complexity index is 516. The number of hydrogen-bond acceptors (Lipinski definition) is 1. The number of rotatable bonds is 1. The van der Waals surface area contributed by atoms with Crippen molar-refractivity contribution in [1.82, 2.24) is 4.90 Å². The van der Waals surface area contributed by atoms with E-state index in [0.29, 0.717) is 22.6 Å². The van der Waals surface area contributed by atoms with Crippen molar-refractivity contribution in [3.63, 3.8) is 0 Å². The van der Waals surface area contributed by atoms with E-state index >= 15 is 0 Å². The Morgan fingerprint density at radius 1 is 1.35 bits per heavy atom. The number of hydrogen-bond donors (Lipinski definition) is 0. The minimum atomic E-state index is -4.43. The zero-order chi connectivity index (χ0) is 14.9. The van der Waals surface area contributed by atoms with Crippen LogP contribution in [-0.2, 0) is 6.18 Å². The van der Waals surface area contributed by atoms with Crippen LogP contribution >= 0.6 is 22.6 Å². The SMILES string of the molecule is CC1CCCN(C(=O)c2cc(I)cc(C(F)(F)F)c2)C1. The van der Waals surface area contributed by atoms with Gasteiger partial charge in [-0.15, -0.1) is 0 Å². The first kappa shape index (κ1) is 15.6. The minimum absolute atomic E-state index is 0.123. The molecule has 110 valence electrons. The molecule has 1 heterocycles. The Morgan fingerprint density at radius 3 is 2.65 bits per heavy atom. The molecule has 1 unspecified atom stereocenters. The highest BCUT2D eigenvalue weighted by Gasteiger charge is 2.32. The van der Waals surface area contributed by atoms with E-state index in [1.165, 1.54) is 6.07 Å². The molecular weight excluding hydrogens is 382 g/mol. The molecule has 2 rings (SSSR count). The molecule has 1 saturated heterocycles. The molecule has 0 aliphatic carbocycles. The maximum absolute atomic E-state index is 12.8. The van der Waals surface area contributed by atoms with E-state index in [-0.39, 0.29) is 11.5 Å². The molecule has 1 fully saturated rings. The maximum atomic E-state index is 12.8. The van der Waals surface area contributed by atoms with E-state index in [9.17, 15) is 18.0 Å². The lowest BCUT2D eigenvalue weighted by molar-refractivity contribution is -0.137. The number of alkyl halides is 3. The summed E-state index contributed by atoms with van der Waals surface area (Å²) < 4.78 is 38.8. The van der Waals surface area contributed by atoms with Crippen molar-refractivity contribution >= 4 is 28.5 Å². The van der Waals surface area contributed by atoms with Crippen LogP contribution in [0.5, 0.6) is 0 Å². The van der Waals surface area contributed by atoms with E-state index < -0.39 is 11.7 Å². The van der Waals surface area contributed by atoms with Gasteiger partial charge in [0.2, 0.25) is 0 Å². The van der Waals surface area contributed by atoms with Crippen molar-refractivity contribution in [2.75, 3.05) is 13.1 Å². The summed E-state index contributed by atoms with van der Waals surface area (Å²) in [6.07, 6.45) is -2.46. The van der Waals surface area contributed by atoms with Gasteiger partial charge in [-0.2, -0.15) is 13.2 Å². The highest BCUT2D eigenvalue weighted by molar-refractivity contribution is 14.1. The zero-order valence-corrected chi connectivity index (χ0v) is 13.2. The first-order valence-electron chi connectivity index (χ1n) is 6.44. The number of likely N-dealkylation sites (tertiary alicyclic amines) is 1. The molecule has 1 aliphatic heterocycles. The molecule has 1 amide bonds. The highest BCUT2D eigenvalue weighted by atomic mass is 127. The lowest BCUT2D eigenvalue weighted by Crippen LogP contribution is -2.39. The van der Waals surface area contributed by atoms with Crippen molar-refractivity contribution in [1.29, 1.82) is 0 Å². The Morgan fingerprint density at radius 2 is 2.05 bits per heavy atom. The molecule has 0 radical (unpaired) electrons. The molecular formula is C14H15F3INO. The third kappa shape index (κ3) is 3.65. The topological polar surface area (TPSA) is 20.3 Å². The van der Waals surface area contributed by atoms with Gasteiger partial charge in [-0.1, -0.05) is 6.92 Å². The third-order valence-electron chi connectivity index (χ3n) is 3.42. The first-order valence-corrected chi connectivity index (χ1v) is 7.52. The summed E-state index contributed by atoms with van der Waals surface area (Å²) in [5.74, 6) is 0.0955. The molecule has 1 aliphatic rings. The molecule has 0 aromatic heterocycles. The summed E-state index contributed by atoms with van der Waals surface area (Å²) in [7, 11) is 0. The average Bonchev–Trinajstić information content (AvgIpc) is 2.36. The van der Waals surface area contributed by atoms with Crippen molar-refractivity contribution in [3.05, 3.63) is 32.9 Å². The minimum Gasteiger partial charge on any atom is -0.338 e. The average molecular weight is 397 g/mol. The van der Waals surface area contributed by atoms with Gasteiger partial charge < -0.3 is 4.90 Å². The molecule has 6 heteroatoms. The summed E-state index contributed by atoms with van der Waals surface area (Å²) in [6.45, 7) is 3.29. The van der Waals surface area contributed by atoms with E-state index in [0.717, 1.165) is 25.0 Å². The zero-order valence-electron chi connectivity index (χ0n) is 11.0. The van der Waals surface area contributed by atoms with Gasteiger partial charge in [-0.25, -0.2) is 0 Å². The number of nitrogens with zero attached hydrogens (tertiary/aromatic N) is 1. The molecule has 1 aromatic rings. The standard InChI is InChI=1S/C14H15F3INO/c1-9-3-2-4-19(8-9)13(20)10-5-11(14(15,16)17)7-12(18)6-10/h5-7,9H,2-4,8H2,1H3. The van der Waals surface area contributed by atoms with E-state index in [4.69, 9.17) is 0 Å². The Kier molecular flexibility index (Phi) is 4.61. The number of piperidine rings is 1. The lowest BCUT2D eigenvalue weighted by Gasteiger charge is -2.31. The number of carbonyl (C=O) groups is 1. The lowest BCUT2D eigenvalue weighted by atomic mass is 9.99. The molecule has 0 bridgehead atoms. The number of benzene rings is 1. The number of halogens is 4. The van der Waals surface area contributed by atoms with Crippen LogP contribution in [0.25, 0.3) is 0 Å². The quantitative estimate of drug-likeness (QED) is 0.652. The van der Waals surface area contributed by atoms with Gasteiger partial charge in [0.15, 0.2) is 0 Å². The second-order valence-corrected chi connectivity index (χ2v) is 6.47. The first-order chi connectivity index (χ1) is 9.27. The molecule has 1 atom stereocenters.